The lowest BCUT2D eigenvalue weighted by Crippen LogP contribution is -2.48. The average Bonchev–Trinajstić information content (AvgIpc) is 2.79. The molecule has 2 atom stereocenters. The van der Waals surface area contributed by atoms with Gasteiger partial charge in [-0.25, -0.2) is 0 Å². The van der Waals surface area contributed by atoms with Crippen LogP contribution in [0.15, 0.2) is 0 Å². The fourth-order valence-electron chi connectivity index (χ4n) is 4.67. The Morgan fingerprint density at radius 2 is 1.82 bits per heavy atom. The first-order valence-corrected chi connectivity index (χ1v) is 7.69. The van der Waals surface area contributed by atoms with E-state index in [1.165, 1.54) is 64.5 Å². The van der Waals surface area contributed by atoms with Crippen LogP contribution in [0, 0.1) is 17.3 Å². The number of piperidine rings is 1. The van der Waals surface area contributed by atoms with Crippen LogP contribution in [-0.4, -0.2) is 26.3 Å². The smallest absolute Gasteiger partial charge is 0.0471 e. The Morgan fingerprint density at radius 1 is 0.941 bits per heavy atom. The molecular weight excluding hydrogens is 210 g/mol. The van der Waals surface area contributed by atoms with E-state index in [1.54, 1.807) is 0 Å². The SMILES string of the molecule is C1CCC(C2CNCCC23CCCOCC3)C1. The van der Waals surface area contributed by atoms with Gasteiger partial charge in [0.25, 0.3) is 0 Å². The van der Waals surface area contributed by atoms with Gasteiger partial charge in [-0.05, 0) is 56.0 Å². The highest BCUT2D eigenvalue weighted by Gasteiger charge is 2.44. The predicted octanol–water partition coefficient (Wildman–Crippen LogP) is 2.97. The zero-order valence-corrected chi connectivity index (χ0v) is 11.0. The molecule has 0 aromatic rings. The third-order valence-corrected chi connectivity index (χ3v) is 5.63. The van der Waals surface area contributed by atoms with Gasteiger partial charge in [-0.15, -0.1) is 0 Å². The summed E-state index contributed by atoms with van der Waals surface area (Å²) in [7, 11) is 0. The van der Waals surface area contributed by atoms with Crippen molar-refractivity contribution in [2.24, 2.45) is 17.3 Å². The molecule has 17 heavy (non-hydrogen) atoms. The van der Waals surface area contributed by atoms with Crippen LogP contribution >= 0.6 is 0 Å². The molecule has 2 heteroatoms. The molecule has 3 rings (SSSR count). The van der Waals surface area contributed by atoms with Crippen LogP contribution in [0.2, 0.25) is 0 Å². The summed E-state index contributed by atoms with van der Waals surface area (Å²) in [5.41, 5.74) is 0.636. The molecular formula is C15H27NO. The quantitative estimate of drug-likeness (QED) is 0.757. The van der Waals surface area contributed by atoms with E-state index in [0.29, 0.717) is 5.41 Å². The Morgan fingerprint density at radius 3 is 2.71 bits per heavy atom. The number of hydrogen-bond acceptors (Lipinski definition) is 2. The summed E-state index contributed by atoms with van der Waals surface area (Å²) in [6.45, 7) is 4.55. The molecule has 1 N–H and O–H groups in total. The molecule has 98 valence electrons. The molecule has 0 bridgehead atoms. The minimum absolute atomic E-state index is 0.636. The van der Waals surface area contributed by atoms with Crippen molar-refractivity contribution in [3.63, 3.8) is 0 Å². The molecule has 2 aliphatic heterocycles. The molecule has 3 fully saturated rings. The molecule has 3 aliphatic rings. The van der Waals surface area contributed by atoms with E-state index in [1.807, 2.05) is 0 Å². The summed E-state index contributed by atoms with van der Waals surface area (Å²) in [6.07, 6.45) is 11.4. The Kier molecular flexibility index (Phi) is 3.72. The van der Waals surface area contributed by atoms with Crippen molar-refractivity contribution in [1.82, 2.24) is 5.32 Å². The molecule has 0 radical (unpaired) electrons. The van der Waals surface area contributed by atoms with Gasteiger partial charge in [-0.1, -0.05) is 25.7 Å². The van der Waals surface area contributed by atoms with E-state index in [9.17, 15) is 0 Å². The summed E-state index contributed by atoms with van der Waals surface area (Å²) in [5.74, 6) is 1.96. The predicted molar refractivity (Wildman–Crippen MR) is 70.0 cm³/mol. The van der Waals surface area contributed by atoms with Gasteiger partial charge in [-0.2, -0.15) is 0 Å². The maximum absolute atomic E-state index is 5.71. The van der Waals surface area contributed by atoms with E-state index in [0.717, 1.165) is 25.0 Å². The summed E-state index contributed by atoms with van der Waals surface area (Å²) < 4.78 is 5.71. The van der Waals surface area contributed by atoms with E-state index in [-0.39, 0.29) is 0 Å². The average molecular weight is 237 g/mol. The van der Waals surface area contributed by atoms with Crippen LogP contribution in [0.4, 0.5) is 0 Å². The normalized spacial score (nSPS) is 40.6. The lowest BCUT2D eigenvalue weighted by atomic mass is 9.61. The van der Waals surface area contributed by atoms with Crippen molar-refractivity contribution in [3.8, 4) is 0 Å². The molecule has 0 amide bonds. The molecule has 0 aromatic carbocycles. The minimum atomic E-state index is 0.636. The lowest BCUT2D eigenvalue weighted by molar-refractivity contribution is 0.0363. The minimum Gasteiger partial charge on any atom is -0.381 e. The molecule has 1 aliphatic carbocycles. The Hall–Kier alpha value is -0.0800. The van der Waals surface area contributed by atoms with E-state index in [2.05, 4.69) is 5.32 Å². The summed E-state index contributed by atoms with van der Waals surface area (Å²) >= 11 is 0. The monoisotopic (exact) mass is 237 g/mol. The molecule has 2 unspecified atom stereocenters. The van der Waals surface area contributed by atoms with Crippen LogP contribution in [0.25, 0.3) is 0 Å². The first-order valence-electron chi connectivity index (χ1n) is 7.69. The molecule has 0 aromatic heterocycles. The van der Waals surface area contributed by atoms with Gasteiger partial charge in [0, 0.05) is 13.2 Å². The van der Waals surface area contributed by atoms with E-state index < -0.39 is 0 Å². The standard InChI is InChI=1S/C15H27NO/c1-2-5-13(4-1)14-12-16-9-7-15(14)6-3-10-17-11-8-15/h13-14,16H,1-12H2. The van der Waals surface area contributed by atoms with Crippen LogP contribution < -0.4 is 5.32 Å². The highest BCUT2D eigenvalue weighted by atomic mass is 16.5. The van der Waals surface area contributed by atoms with Gasteiger partial charge >= 0.3 is 0 Å². The maximum Gasteiger partial charge on any atom is 0.0471 e. The number of hydrogen-bond donors (Lipinski definition) is 1. The highest BCUT2D eigenvalue weighted by molar-refractivity contribution is 4.96. The van der Waals surface area contributed by atoms with Crippen molar-refractivity contribution < 1.29 is 4.74 Å². The zero-order valence-electron chi connectivity index (χ0n) is 11.0. The number of nitrogens with one attached hydrogen (secondary N) is 1. The Labute approximate surface area is 105 Å². The van der Waals surface area contributed by atoms with E-state index >= 15 is 0 Å². The number of rotatable bonds is 1. The van der Waals surface area contributed by atoms with Crippen molar-refractivity contribution in [3.05, 3.63) is 0 Å². The van der Waals surface area contributed by atoms with E-state index in [4.69, 9.17) is 4.74 Å². The second kappa shape index (κ2) is 5.27. The first-order chi connectivity index (χ1) is 8.41. The number of ether oxygens (including phenoxy) is 1. The van der Waals surface area contributed by atoms with Gasteiger partial charge in [0.05, 0.1) is 0 Å². The van der Waals surface area contributed by atoms with Crippen molar-refractivity contribution in [2.75, 3.05) is 26.3 Å². The largest absolute Gasteiger partial charge is 0.381 e. The fourth-order valence-corrected chi connectivity index (χ4v) is 4.67. The topological polar surface area (TPSA) is 21.3 Å². The Bertz CT molecular complexity index is 239. The van der Waals surface area contributed by atoms with Crippen molar-refractivity contribution >= 4 is 0 Å². The Balaban J connectivity index is 1.76. The lowest BCUT2D eigenvalue weighted by Gasteiger charge is -2.47. The molecule has 1 spiro atoms. The third kappa shape index (κ3) is 2.39. The van der Waals surface area contributed by atoms with Crippen LogP contribution in [0.1, 0.15) is 51.4 Å². The van der Waals surface area contributed by atoms with Gasteiger partial charge in [0.15, 0.2) is 0 Å². The first kappa shape index (κ1) is 12.0. The molecule has 1 saturated carbocycles. The summed E-state index contributed by atoms with van der Waals surface area (Å²) in [5, 5.41) is 3.66. The maximum atomic E-state index is 5.71. The van der Waals surface area contributed by atoms with Gasteiger partial charge < -0.3 is 10.1 Å². The van der Waals surface area contributed by atoms with Crippen LogP contribution in [-0.2, 0) is 4.74 Å². The third-order valence-electron chi connectivity index (χ3n) is 5.63. The van der Waals surface area contributed by atoms with Gasteiger partial charge in [0.1, 0.15) is 0 Å². The molecule has 2 saturated heterocycles. The van der Waals surface area contributed by atoms with Crippen LogP contribution in [0.3, 0.4) is 0 Å². The summed E-state index contributed by atoms with van der Waals surface area (Å²) in [4.78, 5) is 0. The van der Waals surface area contributed by atoms with Crippen molar-refractivity contribution in [1.29, 1.82) is 0 Å². The fraction of sp³-hybridized carbons (Fsp3) is 1.00. The highest BCUT2D eigenvalue weighted by Crippen LogP contribution is 2.49. The zero-order chi connectivity index (χ0) is 11.6. The van der Waals surface area contributed by atoms with Crippen molar-refractivity contribution in [2.45, 2.75) is 51.4 Å². The summed E-state index contributed by atoms with van der Waals surface area (Å²) in [6, 6.07) is 0. The van der Waals surface area contributed by atoms with Crippen LogP contribution in [0.5, 0.6) is 0 Å². The van der Waals surface area contributed by atoms with Gasteiger partial charge in [-0.3, -0.25) is 0 Å². The second-order valence-corrected chi connectivity index (χ2v) is 6.43. The second-order valence-electron chi connectivity index (χ2n) is 6.43. The molecule has 2 heterocycles. The van der Waals surface area contributed by atoms with Gasteiger partial charge in [0.2, 0.25) is 0 Å². The molecule has 2 nitrogen and oxygen atoms in total.